The molecule has 0 radical (unpaired) electrons. The summed E-state index contributed by atoms with van der Waals surface area (Å²) < 4.78 is 7.76. The summed E-state index contributed by atoms with van der Waals surface area (Å²) in [7, 11) is 0. The number of rotatable bonds is 6. The second-order valence-electron chi connectivity index (χ2n) is 6.87. The number of hydrogen-bond donors (Lipinski definition) is 1. The zero-order valence-electron chi connectivity index (χ0n) is 15.1. The molecule has 1 aromatic heterocycles. The minimum absolute atomic E-state index is 0.125. The van der Waals surface area contributed by atoms with E-state index in [0.717, 1.165) is 56.1 Å². The van der Waals surface area contributed by atoms with Gasteiger partial charge < -0.3 is 10.1 Å². The minimum Gasteiger partial charge on any atom is -0.493 e. The zero-order chi connectivity index (χ0) is 17.6. The molecule has 1 amide bonds. The first-order valence-corrected chi connectivity index (χ1v) is 9.10. The SMILES string of the molecule is Cc1cc(C)n(CCCC(=O)NC[C@H]2CCOc3ccccc3C2)n1. The molecule has 1 N–H and O–H groups in total. The number of fused-ring (bicyclic) bond motifs is 1. The van der Waals surface area contributed by atoms with Crippen molar-refractivity contribution < 1.29 is 9.53 Å². The second kappa shape index (κ2) is 8.19. The first kappa shape index (κ1) is 17.5. The Morgan fingerprint density at radius 2 is 2.20 bits per heavy atom. The molecule has 0 saturated heterocycles. The molecule has 0 saturated carbocycles. The largest absolute Gasteiger partial charge is 0.493 e. The molecule has 25 heavy (non-hydrogen) atoms. The van der Waals surface area contributed by atoms with Crippen molar-refractivity contribution in [3.63, 3.8) is 0 Å². The van der Waals surface area contributed by atoms with Gasteiger partial charge in [0, 0.05) is 25.2 Å². The second-order valence-corrected chi connectivity index (χ2v) is 6.87. The van der Waals surface area contributed by atoms with E-state index in [9.17, 15) is 4.79 Å². The summed E-state index contributed by atoms with van der Waals surface area (Å²) in [6, 6.07) is 10.2. The summed E-state index contributed by atoms with van der Waals surface area (Å²) in [4.78, 5) is 12.1. The summed E-state index contributed by atoms with van der Waals surface area (Å²) in [5.74, 6) is 1.55. The highest BCUT2D eigenvalue weighted by atomic mass is 16.5. The molecule has 0 bridgehead atoms. The number of nitrogens with one attached hydrogen (secondary N) is 1. The lowest BCUT2D eigenvalue weighted by Gasteiger charge is -2.14. The van der Waals surface area contributed by atoms with E-state index in [4.69, 9.17) is 4.74 Å². The van der Waals surface area contributed by atoms with Crippen LogP contribution in [0, 0.1) is 19.8 Å². The van der Waals surface area contributed by atoms with E-state index in [-0.39, 0.29) is 5.91 Å². The quantitative estimate of drug-likeness (QED) is 0.879. The molecule has 2 aromatic rings. The van der Waals surface area contributed by atoms with Crippen LogP contribution < -0.4 is 10.1 Å². The average molecular weight is 341 g/mol. The number of aromatic nitrogens is 2. The maximum atomic E-state index is 12.1. The molecule has 1 aromatic carbocycles. The average Bonchev–Trinajstić information content (AvgIpc) is 2.80. The predicted octanol–water partition coefficient (Wildman–Crippen LogP) is 3.04. The standard InChI is InChI=1S/C20H27N3O2/c1-15-12-16(2)23(22-15)10-5-8-20(24)21-14-17-9-11-25-19-7-4-3-6-18(19)13-17/h3-4,6-7,12,17H,5,8-11,13-14H2,1-2H3,(H,21,24)/t17-/m0/s1. The molecule has 3 rings (SSSR count). The number of amides is 1. The Bertz CT molecular complexity index is 723. The van der Waals surface area contributed by atoms with Gasteiger partial charge in [-0.25, -0.2) is 0 Å². The fourth-order valence-electron chi connectivity index (χ4n) is 3.37. The molecule has 134 valence electrons. The van der Waals surface area contributed by atoms with Crippen molar-refractivity contribution in [2.24, 2.45) is 5.92 Å². The van der Waals surface area contributed by atoms with Gasteiger partial charge in [-0.1, -0.05) is 18.2 Å². The van der Waals surface area contributed by atoms with Gasteiger partial charge >= 0.3 is 0 Å². The number of hydrogen-bond acceptors (Lipinski definition) is 3. The zero-order valence-corrected chi connectivity index (χ0v) is 15.1. The number of ether oxygens (including phenoxy) is 1. The van der Waals surface area contributed by atoms with Crippen LogP contribution in [0.1, 0.15) is 36.2 Å². The van der Waals surface area contributed by atoms with Gasteiger partial charge in [0.1, 0.15) is 5.75 Å². The molecule has 0 spiro atoms. The van der Waals surface area contributed by atoms with Crippen LogP contribution in [0.3, 0.4) is 0 Å². The number of nitrogens with zero attached hydrogens (tertiary/aromatic N) is 2. The highest BCUT2D eigenvalue weighted by Gasteiger charge is 2.18. The first-order valence-electron chi connectivity index (χ1n) is 9.10. The Balaban J connectivity index is 1.41. The molecule has 0 unspecified atom stereocenters. The molecule has 5 nitrogen and oxygen atoms in total. The number of para-hydroxylation sites is 1. The topological polar surface area (TPSA) is 56.2 Å². The maximum absolute atomic E-state index is 12.1. The normalized spacial score (nSPS) is 16.6. The summed E-state index contributed by atoms with van der Waals surface area (Å²) in [6.07, 6.45) is 3.28. The molecule has 0 aliphatic carbocycles. The van der Waals surface area contributed by atoms with E-state index in [1.54, 1.807) is 0 Å². The third kappa shape index (κ3) is 4.84. The van der Waals surface area contributed by atoms with Crippen molar-refractivity contribution in [1.82, 2.24) is 15.1 Å². The van der Waals surface area contributed by atoms with Crippen molar-refractivity contribution in [2.75, 3.05) is 13.2 Å². The number of carbonyl (C=O) groups excluding carboxylic acids is 1. The molecule has 1 aliphatic rings. The number of aryl methyl sites for hydroxylation is 3. The third-order valence-electron chi connectivity index (χ3n) is 4.73. The lowest BCUT2D eigenvalue weighted by Crippen LogP contribution is -2.30. The molecular formula is C20H27N3O2. The van der Waals surface area contributed by atoms with Crippen LogP contribution in [0.2, 0.25) is 0 Å². The molecule has 5 heteroatoms. The molecule has 1 aliphatic heterocycles. The summed E-state index contributed by atoms with van der Waals surface area (Å²) >= 11 is 0. The fourth-order valence-corrected chi connectivity index (χ4v) is 3.37. The minimum atomic E-state index is 0.125. The Hall–Kier alpha value is -2.30. The van der Waals surface area contributed by atoms with Crippen LogP contribution in [0.15, 0.2) is 30.3 Å². The lowest BCUT2D eigenvalue weighted by atomic mass is 9.97. The fraction of sp³-hybridized carbons (Fsp3) is 0.500. The van der Waals surface area contributed by atoms with Gasteiger partial charge in [0.05, 0.1) is 12.3 Å². The Morgan fingerprint density at radius 1 is 1.36 bits per heavy atom. The van der Waals surface area contributed by atoms with Gasteiger partial charge in [-0.3, -0.25) is 9.48 Å². The van der Waals surface area contributed by atoms with Gasteiger partial charge in [-0.05, 0) is 56.7 Å². The third-order valence-corrected chi connectivity index (χ3v) is 4.73. The van der Waals surface area contributed by atoms with Gasteiger partial charge in [0.25, 0.3) is 0 Å². The molecule has 1 atom stereocenters. The van der Waals surface area contributed by atoms with E-state index < -0.39 is 0 Å². The summed E-state index contributed by atoms with van der Waals surface area (Å²) in [5, 5.41) is 7.52. The van der Waals surface area contributed by atoms with Gasteiger partial charge in [0.15, 0.2) is 0 Å². The van der Waals surface area contributed by atoms with E-state index in [1.165, 1.54) is 5.56 Å². The number of carbonyl (C=O) groups is 1. The summed E-state index contributed by atoms with van der Waals surface area (Å²) in [5.41, 5.74) is 3.41. The Kier molecular flexibility index (Phi) is 5.74. The van der Waals surface area contributed by atoms with Crippen LogP contribution in [-0.2, 0) is 17.8 Å². The van der Waals surface area contributed by atoms with E-state index in [0.29, 0.717) is 12.3 Å². The smallest absolute Gasteiger partial charge is 0.220 e. The predicted molar refractivity (Wildman–Crippen MR) is 97.7 cm³/mol. The van der Waals surface area contributed by atoms with Gasteiger partial charge in [-0.2, -0.15) is 5.10 Å². The van der Waals surface area contributed by atoms with Crippen molar-refractivity contribution in [3.05, 3.63) is 47.3 Å². The van der Waals surface area contributed by atoms with Crippen molar-refractivity contribution >= 4 is 5.91 Å². The highest BCUT2D eigenvalue weighted by molar-refractivity contribution is 5.75. The van der Waals surface area contributed by atoms with E-state index in [2.05, 4.69) is 22.5 Å². The Labute approximate surface area is 149 Å². The van der Waals surface area contributed by atoms with Crippen LogP contribution in [-0.4, -0.2) is 28.8 Å². The maximum Gasteiger partial charge on any atom is 0.220 e. The monoisotopic (exact) mass is 341 g/mol. The van der Waals surface area contributed by atoms with Crippen LogP contribution in [0.25, 0.3) is 0 Å². The van der Waals surface area contributed by atoms with E-state index >= 15 is 0 Å². The van der Waals surface area contributed by atoms with Crippen LogP contribution >= 0.6 is 0 Å². The van der Waals surface area contributed by atoms with Crippen LogP contribution in [0.5, 0.6) is 5.75 Å². The molecule has 2 heterocycles. The number of benzene rings is 1. The molecular weight excluding hydrogens is 314 g/mol. The first-order chi connectivity index (χ1) is 12.1. The summed E-state index contributed by atoms with van der Waals surface area (Å²) in [6.45, 7) is 6.26. The van der Waals surface area contributed by atoms with Crippen molar-refractivity contribution in [3.8, 4) is 5.75 Å². The van der Waals surface area contributed by atoms with Gasteiger partial charge in [-0.15, -0.1) is 0 Å². The van der Waals surface area contributed by atoms with Crippen molar-refractivity contribution in [2.45, 2.75) is 46.1 Å². The van der Waals surface area contributed by atoms with Crippen molar-refractivity contribution in [1.29, 1.82) is 0 Å². The Morgan fingerprint density at radius 3 is 3.00 bits per heavy atom. The van der Waals surface area contributed by atoms with E-state index in [1.807, 2.05) is 36.7 Å². The molecule has 0 fully saturated rings. The highest BCUT2D eigenvalue weighted by Crippen LogP contribution is 2.26. The van der Waals surface area contributed by atoms with Crippen LogP contribution in [0.4, 0.5) is 0 Å². The van der Waals surface area contributed by atoms with Gasteiger partial charge in [0.2, 0.25) is 5.91 Å². The lowest BCUT2D eigenvalue weighted by molar-refractivity contribution is -0.121.